The molecule has 2 aromatic carbocycles. The van der Waals surface area contributed by atoms with Gasteiger partial charge in [-0.1, -0.05) is 41.9 Å². The van der Waals surface area contributed by atoms with Crippen molar-refractivity contribution in [1.29, 1.82) is 0 Å². The molecule has 1 aliphatic heterocycles. The third-order valence-corrected chi connectivity index (χ3v) is 4.95. The highest BCUT2D eigenvalue weighted by atomic mass is 35.5. The molecule has 1 saturated heterocycles. The second-order valence-electron chi connectivity index (χ2n) is 6.57. The maximum Gasteiger partial charge on any atom is 0.417 e. The number of benzene rings is 2. The zero-order valence-electron chi connectivity index (χ0n) is 14.8. The van der Waals surface area contributed by atoms with Crippen molar-refractivity contribution in [2.24, 2.45) is 0 Å². The Morgan fingerprint density at radius 2 is 1.71 bits per heavy atom. The van der Waals surface area contributed by atoms with E-state index in [0.29, 0.717) is 31.5 Å². The van der Waals surface area contributed by atoms with E-state index in [0.717, 1.165) is 12.1 Å². The average molecular weight is 411 g/mol. The Kier molecular flexibility index (Phi) is 6.05. The average Bonchev–Trinajstić information content (AvgIpc) is 2.65. The first-order valence-electron chi connectivity index (χ1n) is 8.74. The lowest BCUT2D eigenvalue weighted by Crippen LogP contribution is -2.42. The van der Waals surface area contributed by atoms with E-state index in [2.05, 4.69) is 5.32 Å². The van der Waals surface area contributed by atoms with Crippen LogP contribution in [0.15, 0.2) is 48.5 Å². The molecule has 0 bridgehead atoms. The van der Waals surface area contributed by atoms with Gasteiger partial charge in [-0.25, -0.2) is 0 Å². The molecule has 1 heterocycles. The van der Waals surface area contributed by atoms with Crippen molar-refractivity contribution in [3.63, 3.8) is 0 Å². The minimum absolute atomic E-state index is 0.00995. The van der Waals surface area contributed by atoms with E-state index in [1.165, 1.54) is 6.07 Å². The molecule has 0 aromatic heterocycles. The molecule has 148 valence electrons. The first kappa shape index (κ1) is 20.4. The maximum absolute atomic E-state index is 13.1. The molecule has 1 amide bonds. The van der Waals surface area contributed by atoms with Gasteiger partial charge >= 0.3 is 6.18 Å². The molecule has 2 aromatic rings. The Labute approximate surface area is 165 Å². The molecule has 3 rings (SSSR count). The van der Waals surface area contributed by atoms with Crippen molar-refractivity contribution in [1.82, 2.24) is 4.90 Å². The summed E-state index contributed by atoms with van der Waals surface area (Å²) in [7, 11) is 0. The summed E-state index contributed by atoms with van der Waals surface area (Å²) in [4.78, 5) is 26.4. The van der Waals surface area contributed by atoms with Gasteiger partial charge in [0.25, 0.3) is 0 Å². The standard InChI is InChI=1S/C20H18ClF3N2O2/c21-17-7-6-14(12-16(17)20(22,23)24)25-19(28)18(13-4-2-1-3-5-13)26-10-8-15(27)9-11-26/h1-7,12,18H,8-11H2,(H,25,28). The number of rotatable bonds is 4. The number of ketones is 1. The fraction of sp³-hybridized carbons (Fsp3) is 0.300. The van der Waals surface area contributed by atoms with Crippen LogP contribution >= 0.6 is 11.6 Å². The Morgan fingerprint density at radius 1 is 1.07 bits per heavy atom. The van der Waals surface area contributed by atoms with Gasteiger partial charge in [0.2, 0.25) is 5.91 Å². The zero-order valence-corrected chi connectivity index (χ0v) is 15.6. The monoisotopic (exact) mass is 410 g/mol. The van der Waals surface area contributed by atoms with Crippen molar-refractivity contribution in [3.8, 4) is 0 Å². The first-order chi connectivity index (χ1) is 13.3. The minimum atomic E-state index is -4.62. The van der Waals surface area contributed by atoms with Crippen LogP contribution in [0.1, 0.15) is 30.0 Å². The summed E-state index contributed by atoms with van der Waals surface area (Å²) >= 11 is 5.64. The fourth-order valence-corrected chi connectivity index (χ4v) is 3.45. The van der Waals surface area contributed by atoms with Crippen LogP contribution in [-0.4, -0.2) is 29.7 Å². The van der Waals surface area contributed by atoms with Gasteiger partial charge in [-0.2, -0.15) is 13.2 Å². The lowest BCUT2D eigenvalue weighted by molar-refractivity contribution is -0.137. The number of amides is 1. The van der Waals surface area contributed by atoms with Gasteiger partial charge in [0.1, 0.15) is 11.8 Å². The number of halogens is 4. The van der Waals surface area contributed by atoms with Crippen molar-refractivity contribution < 1.29 is 22.8 Å². The number of likely N-dealkylation sites (tertiary alicyclic amines) is 1. The number of alkyl halides is 3. The summed E-state index contributed by atoms with van der Waals surface area (Å²) in [6.07, 6.45) is -3.94. The van der Waals surface area contributed by atoms with Crippen molar-refractivity contribution in [2.45, 2.75) is 25.1 Å². The third-order valence-electron chi connectivity index (χ3n) is 4.62. The second kappa shape index (κ2) is 8.32. The van der Waals surface area contributed by atoms with E-state index in [1.807, 2.05) is 11.0 Å². The minimum Gasteiger partial charge on any atom is -0.324 e. The zero-order chi connectivity index (χ0) is 20.3. The number of piperidine rings is 1. The van der Waals surface area contributed by atoms with Crippen LogP contribution in [-0.2, 0) is 15.8 Å². The van der Waals surface area contributed by atoms with Gasteiger partial charge in [-0.3, -0.25) is 14.5 Å². The van der Waals surface area contributed by atoms with Crippen LogP contribution in [0.2, 0.25) is 5.02 Å². The van der Waals surface area contributed by atoms with E-state index in [-0.39, 0.29) is 11.5 Å². The van der Waals surface area contributed by atoms with Crippen LogP contribution in [0, 0.1) is 0 Å². The molecule has 1 aliphatic rings. The summed E-state index contributed by atoms with van der Waals surface area (Å²) in [6.45, 7) is 0.834. The van der Waals surface area contributed by atoms with Crippen molar-refractivity contribution in [2.75, 3.05) is 18.4 Å². The number of Topliss-reactive ketones (excluding diaryl/α,β-unsaturated/α-hetero) is 1. The molecule has 4 nitrogen and oxygen atoms in total. The normalized spacial score (nSPS) is 16.6. The summed E-state index contributed by atoms with van der Waals surface area (Å²) in [6, 6.07) is 11.5. The summed E-state index contributed by atoms with van der Waals surface area (Å²) in [5.74, 6) is -0.327. The van der Waals surface area contributed by atoms with E-state index in [4.69, 9.17) is 11.6 Å². The summed E-state index contributed by atoms with van der Waals surface area (Å²) in [5.41, 5.74) is -0.290. The van der Waals surface area contributed by atoms with Crippen LogP contribution in [0.3, 0.4) is 0 Å². The number of nitrogens with zero attached hydrogens (tertiary/aromatic N) is 1. The van der Waals surface area contributed by atoms with Gasteiger partial charge < -0.3 is 5.32 Å². The van der Waals surface area contributed by atoms with E-state index in [9.17, 15) is 22.8 Å². The van der Waals surface area contributed by atoms with Gasteiger partial charge in [0.15, 0.2) is 0 Å². The highest BCUT2D eigenvalue weighted by molar-refractivity contribution is 6.31. The highest BCUT2D eigenvalue weighted by Gasteiger charge is 2.34. The molecule has 0 aliphatic carbocycles. The second-order valence-corrected chi connectivity index (χ2v) is 6.98. The molecule has 0 saturated carbocycles. The summed E-state index contributed by atoms with van der Waals surface area (Å²) < 4.78 is 39.2. The Balaban J connectivity index is 1.87. The SMILES string of the molecule is O=C1CCN(C(C(=O)Nc2ccc(Cl)c(C(F)(F)F)c2)c2ccccc2)CC1. The summed E-state index contributed by atoms with van der Waals surface area (Å²) in [5, 5.41) is 2.13. The van der Waals surface area contributed by atoms with Crippen molar-refractivity contribution in [3.05, 3.63) is 64.7 Å². The Hall–Kier alpha value is -2.38. The number of hydrogen-bond acceptors (Lipinski definition) is 3. The number of anilines is 1. The molecule has 1 unspecified atom stereocenters. The Bertz CT molecular complexity index is 861. The molecule has 0 radical (unpaired) electrons. The molecule has 28 heavy (non-hydrogen) atoms. The van der Waals surface area contributed by atoms with Gasteiger partial charge in [-0.05, 0) is 23.8 Å². The number of nitrogens with one attached hydrogen (secondary N) is 1. The smallest absolute Gasteiger partial charge is 0.324 e. The first-order valence-corrected chi connectivity index (χ1v) is 9.12. The molecule has 1 N–H and O–H groups in total. The van der Waals surface area contributed by atoms with E-state index in [1.54, 1.807) is 24.3 Å². The number of carbonyl (C=O) groups is 2. The lowest BCUT2D eigenvalue weighted by atomic mass is 10.0. The molecule has 1 atom stereocenters. The molecule has 8 heteroatoms. The number of hydrogen-bond donors (Lipinski definition) is 1. The van der Waals surface area contributed by atoms with Crippen LogP contribution in [0.4, 0.5) is 18.9 Å². The highest BCUT2D eigenvalue weighted by Crippen LogP contribution is 2.36. The maximum atomic E-state index is 13.1. The lowest BCUT2D eigenvalue weighted by Gasteiger charge is -2.33. The fourth-order valence-electron chi connectivity index (χ4n) is 3.23. The van der Waals surface area contributed by atoms with E-state index < -0.39 is 28.7 Å². The number of carbonyl (C=O) groups excluding carboxylic acids is 2. The van der Waals surface area contributed by atoms with Gasteiger partial charge in [-0.15, -0.1) is 0 Å². The topological polar surface area (TPSA) is 49.4 Å². The third kappa shape index (κ3) is 4.72. The van der Waals surface area contributed by atoms with Crippen LogP contribution < -0.4 is 5.32 Å². The predicted molar refractivity (Wildman–Crippen MR) is 100 cm³/mol. The predicted octanol–water partition coefficient (Wildman–Crippen LogP) is 4.70. The molecule has 0 spiro atoms. The molecule has 1 fully saturated rings. The van der Waals surface area contributed by atoms with Gasteiger partial charge in [0.05, 0.1) is 10.6 Å². The molecular formula is C20H18ClF3N2O2. The van der Waals surface area contributed by atoms with Gasteiger partial charge in [0, 0.05) is 31.6 Å². The molecular weight excluding hydrogens is 393 g/mol. The van der Waals surface area contributed by atoms with Crippen molar-refractivity contribution >= 4 is 29.0 Å². The van der Waals surface area contributed by atoms with Crippen LogP contribution in [0.5, 0.6) is 0 Å². The van der Waals surface area contributed by atoms with Crippen LogP contribution in [0.25, 0.3) is 0 Å². The quantitative estimate of drug-likeness (QED) is 0.794. The largest absolute Gasteiger partial charge is 0.417 e. The van der Waals surface area contributed by atoms with E-state index >= 15 is 0 Å². The Morgan fingerprint density at radius 3 is 2.32 bits per heavy atom.